The highest BCUT2D eigenvalue weighted by molar-refractivity contribution is 7.09. The second-order valence-electron chi connectivity index (χ2n) is 5.10. The zero-order valence-electron chi connectivity index (χ0n) is 12.9. The summed E-state index contributed by atoms with van der Waals surface area (Å²) < 4.78 is 5.56. The Balaban J connectivity index is 1.49. The number of benzene rings is 1. The van der Waals surface area contributed by atoms with Crippen LogP contribution in [0.1, 0.15) is 30.0 Å². The molecule has 0 aliphatic carbocycles. The van der Waals surface area contributed by atoms with Gasteiger partial charge in [-0.1, -0.05) is 18.2 Å². The first-order valence-electron chi connectivity index (χ1n) is 7.59. The minimum absolute atomic E-state index is 0.0898. The van der Waals surface area contributed by atoms with Crippen LogP contribution >= 0.6 is 11.3 Å². The van der Waals surface area contributed by atoms with E-state index < -0.39 is 0 Å². The number of carbonyl (C=O) groups excluding carboxylic acids is 1. The molecule has 0 radical (unpaired) electrons. The first-order valence-corrected chi connectivity index (χ1v) is 8.47. The molecule has 0 bridgehead atoms. The summed E-state index contributed by atoms with van der Waals surface area (Å²) in [5, 5.41) is 6.14. The molecular weight excluding hydrogens is 296 g/mol. The van der Waals surface area contributed by atoms with Crippen LogP contribution in [0.3, 0.4) is 0 Å². The van der Waals surface area contributed by atoms with Gasteiger partial charge in [0, 0.05) is 30.5 Å². The Morgan fingerprint density at radius 3 is 2.82 bits per heavy atom. The number of para-hydroxylation sites is 1. The molecule has 1 aromatic carbocycles. The topological polar surface area (TPSA) is 51.2 Å². The van der Waals surface area contributed by atoms with Crippen molar-refractivity contribution in [3.8, 4) is 5.75 Å². The molecule has 0 atom stereocenters. The van der Waals surface area contributed by atoms with E-state index in [0.717, 1.165) is 35.7 Å². The average molecular weight is 318 g/mol. The Kier molecular flexibility index (Phi) is 6.90. The van der Waals surface area contributed by atoms with Crippen molar-refractivity contribution in [2.45, 2.75) is 32.6 Å². The van der Waals surface area contributed by atoms with E-state index >= 15 is 0 Å². The van der Waals surface area contributed by atoms with Crippen LogP contribution in [-0.2, 0) is 11.2 Å². The largest absolute Gasteiger partial charge is 0.494 e. The molecule has 0 unspecified atom stereocenters. The molecule has 2 aromatic rings. The van der Waals surface area contributed by atoms with Crippen molar-refractivity contribution < 1.29 is 9.53 Å². The Hall–Kier alpha value is -1.88. The number of amides is 1. The van der Waals surface area contributed by atoms with Gasteiger partial charge in [0.05, 0.1) is 11.6 Å². The highest BCUT2D eigenvalue weighted by Gasteiger charge is 2.02. The standard InChI is InChI=1S/C17H22N2O2S/c1-14-13-22-17(19-14)10-5-11-18-16(20)9-6-12-21-15-7-3-2-4-8-15/h2-4,7-8,13H,5-6,9-12H2,1H3,(H,18,20). The van der Waals surface area contributed by atoms with E-state index in [9.17, 15) is 4.79 Å². The first-order chi connectivity index (χ1) is 10.7. The molecule has 0 saturated heterocycles. The van der Waals surface area contributed by atoms with E-state index in [1.54, 1.807) is 11.3 Å². The maximum absolute atomic E-state index is 11.7. The van der Waals surface area contributed by atoms with Gasteiger partial charge in [-0.25, -0.2) is 4.98 Å². The van der Waals surface area contributed by atoms with Crippen LogP contribution in [0.5, 0.6) is 5.75 Å². The molecule has 1 heterocycles. The van der Waals surface area contributed by atoms with Gasteiger partial charge in [-0.05, 0) is 31.9 Å². The van der Waals surface area contributed by atoms with Gasteiger partial charge in [-0.2, -0.15) is 0 Å². The summed E-state index contributed by atoms with van der Waals surface area (Å²) in [4.78, 5) is 16.1. The molecule has 1 amide bonds. The van der Waals surface area contributed by atoms with Gasteiger partial charge >= 0.3 is 0 Å². The van der Waals surface area contributed by atoms with E-state index in [2.05, 4.69) is 15.7 Å². The van der Waals surface area contributed by atoms with E-state index in [1.807, 2.05) is 37.3 Å². The number of hydrogen-bond donors (Lipinski definition) is 1. The lowest BCUT2D eigenvalue weighted by atomic mass is 10.3. The number of nitrogens with zero attached hydrogens (tertiary/aromatic N) is 1. The third-order valence-corrected chi connectivity index (χ3v) is 4.14. The van der Waals surface area contributed by atoms with E-state index in [4.69, 9.17) is 4.74 Å². The molecular formula is C17H22N2O2S. The zero-order valence-corrected chi connectivity index (χ0v) is 13.7. The molecule has 22 heavy (non-hydrogen) atoms. The second-order valence-corrected chi connectivity index (χ2v) is 6.04. The van der Waals surface area contributed by atoms with Crippen LogP contribution < -0.4 is 10.1 Å². The van der Waals surface area contributed by atoms with Crippen LogP contribution in [0.25, 0.3) is 0 Å². The van der Waals surface area contributed by atoms with Crippen molar-refractivity contribution in [2.24, 2.45) is 0 Å². The molecule has 2 rings (SSSR count). The minimum Gasteiger partial charge on any atom is -0.494 e. The molecule has 0 aliphatic heterocycles. The molecule has 5 heteroatoms. The summed E-state index contributed by atoms with van der Waals surface area (Å²) in [6.45, 7) is 3.27. The quantitative estimate of drug-likeness (QED) is 0.721. The second kappa shape index (κ2) is 9.20. The van der Waals surface area contributed by atoms with Crippen LogP contribution in [0.4, 0.5) is 0 Å². The SMILES string of the molecule is Cc1csc(CCCNC(=O)CCCOc2ccccc2)n1. The summed E-state index contributed by atoms with van der Waals surface area (Å²) >= 11 is 1.68. The summed E-state index contributed by atoms with van der Waals surface area (Å²) in [6.07, 6.45) is 3.09. The Morgan fingerprint density at radius 2 is 2.09 bits per heavy atom. The Morgan fingerprint density at radius 1 is 1.27 bits per heavy atom. The molecule has 0 fully saturated rings. The van der Waals surface area contributed by atoms with Crippen molar-refractivity contribution in [3.05, 3.63) is 46.4 Å². The normalized spacial score (nSPS) is 10.4. The highest BCUT2D eigenvalue weighted by atomic mass is 32.1. The first kappa shape index (κ1) is 16.5. The van der Waals surface area contributed by atoms with E-state index in [-0.39, 0.29) is 5.91 Å². The van der Waals surface area contributed by atoms with Gasteiger partial charge in [0.2, 0.25) is 5.91 Å². The number of carbonyl (C=O) groups is 1. The summed E-state index contributed by atoms with van der Waals surface area (Å²) in [5.41, 5.74) is 1.07. The van der Waals surface area contributed by atoms with Gasteiger partial charge < -0.3 is 10.1 Å². The number of aryl methyl sites for hydroxylation is 2. The molecule has 1 N–H and O–H groups in total. The minimum atomic E-state index is 0.0898. The fourth-order valence-corrected chi connectivity index (χ4v) is 2.83. The lowest BCUT2D eigenvalue weighted by Gasteiger charge is -2.06. The van der Waals surface area contributed by atoms with Crippen LogP contribution in [-0.4, -0.2) is 24.0 Å². The summed E-state index contributed by atoms with van der Waals surface area (Å²) in [6, 6.07) is 9.66. The maximum atomic E-state index is 11.7. The number of thiazole rings is 1. The van der Waals surface area contributed by atoms with Crippen LogP contribution in [0, 0.1) is 6.92 Å². The van der Waals surface area contributed by atoms with Crippen molar-refractivity contribution in [1.82, 2.24) is 10.3 Å². The van der Waals surface area contributed by atoms with Crippen molar-refractivity contribution in [1.29, 1.82) is 0 Å². The van der Waals surface area contributed by atoms with Gasteiger partial charge in [-0.15, -0.1) is 11.3 Å². The van der Waals surface area contributed by atoms with Gasteiger partial charge in [0.1, 0.15) is 5.75 Å². The smallest absolute Gasteiger partial charge is 0.220 e. The van der Waals surface area contributed by atoms with Gasteiger partial charge in [-0.3, -0.25) is 4.79 Å². The fraction of sp³-hybridized carbons (Fsp3) is 0.412. The van der Waals surface area contributed by atoms with Crippen molar-refractivity contribution >= 4 is 17.2 Å². The molecule has 118 valence electrons. The Bertz CT molecular complexity index is 569. The van der Waals surface area contributed by atoms with Crippen molar-refractivity contribution in [3.63, 3.8) is 0 Å². The molecule has 0 spiro atoms. The summed E-state index contributed by atoms with van der Waals surface area (Å²) in [7, 11) is 0. The maximum Gasteiger partial charge on any atom is 0.220 e. The van der Waals surface area contributed by atoms with Crippen LogP contribution in [0.15, 0.2) is 35.7 Å². The van der Waals surface area contributed by atoms with Crippen LogP contribution in [0.2, 0.25) is 0 Å². The lowest BCUT2D eigenvalue weighted by Crippen LogP contribution is -2.24. The number of nitrogens with one attached hydrogen (secondary N) is 1. The zero-order chi connectivity index (χ0) is 15.6. The van der Waals surface area contributed by atoms with E-state index in [1.165, 1.54) is 0 Å². The monoisotopic (exact) mass is 318 g/mol. The third-order valence-electron chi connectivity index (χ3n) is 3.12. The predicted molar refractivity (Wildman–Crippen MR) is 89.4 cm³/mol. The van der Waals surface area contributed by atoms with Gasteiger partial charge in [0.15, 0.2) is 0 Å². The molecule has 0 aliphatic rings. The number of aromatic nitrogens is 1. The molecule has 4 nitrogen and oxygen atoms in total. The number of ether oxygens (including phenoxy) is 1. The fourth-order valence-electron chi connectivity index (χ4n) is 2.01. The van der Waals surface area contributed by atoms with E-state index in [0.29, 0.717) is 19.6 Å². The Labute approximate surface area is 135 Å². The number of rotatable bonds is 9. The summed E-state index contributed by atoms with van der Waals surface area (Å²) in [5.74, 6) is 0.939. The third kappa shape index (κ3) is 6.26. The number of hydrogen-bond acceptors (Lipinski definition) is 4. The average Bonchev–Trinajstić information content (AvgIpc) is 2.95. The van der Waals surface area contributed by atoms with Gasteiger partial charge in [0.25, 0.3) is 0 Å². The molecule has 1 aromatic heterocycles. The predicted octanol–water partition coefficient (Wildman–Crippen LogP) is 3.36. The lowest BCUT2D eigenvalue weighted by molar-refractivity contribution is -0.121. The highest BCUT2D eigenvalue weighted by Crippen LogP contribution is 2.10. The molecule has 0 saturated carbocycles. The van der Waals surface area contributed by atoms with Crippen molar-refractivity contribution in [2.75, 3.05) is 13.2 Å².